The molecule has 1 aromatic heterocycles. The number of benzene rings is 2. The van der Waals surface area contributed by atoms with E-state index in [0.29, 0.717) is 49.0 Å². The van der Waals surface area contributed by atoms with Gasteiger partial charge in [0.25, 0.3) is 0 Å². The van der Waals surface area contributed by atoms with Gasteiger partial charge in [0, 0.05) is 30.1 Å². The molecule has 4 rings (SSSR count). The molecule has 29 heavy (non-hydrogen) atoms. The van der Waals surface area contributed by atoms with E-state index in [2.05, 4.69) is 0 Å². The number of carbonyl (C=O) groups excluding carboxylic acids is 1. The zero-order chi connectivity index (χ0) is 20.2. The van der Waals surface area contributed by atoms with Crippen molar-refractivity contribution in [3.8, 4) is 11.5 Å². The molecule has 0 aliphatic carbocycles. The quantitative estimate of drug-likeness (QED) is 0.618. The van der Waals surface area contributed by atoms with Crippen LogP contribution in [0.15, 0.2) is 59.0 Å². The van der Waals surface area contributed by atoms with Gasteiger partial charge in [-0.15, -0.1) is 0 Å². The fourth-order valence-electron chi connectivity index (χ4n) is 3.40. The van der Waals surface area contributed by atoms with Gasteiger partial charge in [0.15, 0.2) is 11.3 Å². The molecular weight excluding hydrogens is 370 g/mol. The average Bonchev–Trinajstić information content (AvgIpc) is 3.22. The molecule has 0 unspecified atom stereocenters. The molecule has 1 amide bonds. The van der Waals surface area contributed by atoms with Crippen LogP contribution in [-0.4, -0.2) is 51.3 Å². The van der Waals surface area contributed by atoms with Crippen molar-refractivity contribution in [3.05, 3.63) is 65.9 Å². The SMILES string of the molecule is COc1ccc(/C(=C/C(=O)N2CCOCC2)c2cc3cccc(OC)c3o2)cc1. The van der Waals surface area contributed by atoms with Gasteiger partial charge in [-0.1, -0.05) is 24.3 Å². The van der Waals surface area contributed by atoms with Crippen LogP contribution in [0.4, 0.5) is 0 Å². The Morgan fingerprint density at radius 2 is 1.79 bits per heavy atom. The predicted molar refractivity (Wildman–Crippen MR) is 110 cm³/mol. The first-order chi connectivity index (χ1) is 14.2. The first-order valence-corrected chi connectivity index (χ1v) is 9.49. The first kappa shape index (κ1) is 19.1. The third-order valence-electron chi connectivity index (χ3n) is 4.98. The number of carbonyl (C=O) groups is 1. The minimum atomic E-state index is -0.0634. The lowest BCUT2D eigenvalue weighted by atomic mass is 10.0. The maximum absolute atomic E-state index is 12.9. The molecule has 3 aromatic rings. The van der Waals surface area contributed by atoms with E-state index >= 15 is 0 Å². The summed E-state index contributed by atoms with van der Waals surface area (Å²) in [6, 6.07) is 15.2. The Morgan fingerprint density at radius 1 is 1.03 bits per heavy atom. The van der Waals surface area contributed by atoms with Crippen LogP contribution in [0, 0.1) is 0 Å². The molecular formula is C23H23NO5. The topological polar surface area (TPSA) is 61.1 Å². The van der Waals surface area contributed by atoms with Crippen molar-refractivity contribution >= 4 is 22.4 Å². The van der Waals surface area contributed by atoms with E-state index in [4.69, 9.17) is 18.6 Å². The van der Waals surface area contributed by atoms with Crippen LogP contribution < -0.4 is 9.47 Å². The summed E-state index contributed by atoms with van der Waals surface area (Å²) in [4.78, 5) is 14.7. The summed E-state index contributed by atoms with van der Waals surface area (Å²) in [5.41, 5.74) is 2.23. The summed E-state index contributed by atoms with van der Waals surface area (Å²) in [6.45, 7) is 2.27. The van der Waals surface area contributed by atoms with E-state index < -0.39 is 0 Å². The van der Waals surface area contributed by atoms with Crippen LogP contribution in [0.5, 0.6) is 11.5 Å². The molecule has 2 aromatic carbocycles. The second-order valence-corrected chi connectivity index (χ2v) is 6.71. The van der Waals surface area contributed by atoms with Gasteiger partial charge in [-0.3, -0.25) is 4.79 Å². The monoisotopic (exact) mass is 393 g/mol. The van der Waals surface area contributed by atoms with Crippen molar-refractivity contribution in [2.24, 2.45) is 0 Å². The zero-order valence-electron chi connectivity index (χ0n) is 16.5. The molecule has 1 saturated heterocycles. The summed E-state index contributed by atoms with van der Waals surface area (Å²) < 4.78 is 22.2. The first-order valence-electron chi connectivity index (χ1n) is 9.49. The van der Waals surface area contributed by atoms with E-state index in [9.17, 15) is 4.79 Å². The predicted octanol–water partition coefficient (Wildman–Crippen LogP) is 3.74. The summed E-state index contributed by atoms with van der Waals surface area (Å²) >= 11 is 0. The highest BCUT2D eigenvalue weighted by Crippen LogP contribution is 2.34. The third-order valence-corrected chi connectivity index (χ3v) is 4.98. The number of amides is 1. The summed E-state index contributed by atoms with van der Waals surface area (Å²) in [5, 5.41) is 0.914. The molecule has 0 atom stereocenters. The van der Waals surface area contributed by atoms with Crippen LogP contribution in [0.3, 0.4) is 0 Å². The number of fused-ring (bicyclic) bond motifs is 1. The molecule has 150 valence electrons. The van der Waals surface area contributed by atoms with Gasteiger partial charge in [0.1, 0.15) is 11.5 Å². The van der Waals surface area contributed by atoms with Crippen LogP contribution in [0.1, 0.15) is 11.3 Å². The highest BCUT2D eigenvalue weighted by Gasteiger charge is 2.19. The van der Waals surface area contributed by atoms with Gasteiger partial charge >= 0.3 is 0 Å². The second kappa shape index (κ2) is 8.41. The van der Waals surface area contributed by atoms with E-state index in [1.807, 2.05) is 48.5 Å². The lowest BCUT2D eigenvalue weighted by Gasteiger charge is -2.26. The van der Waals surface area contributed by atoms with Crippen LogP contribution in [0.25, 0.3) is 16.5 Å². The van der Waals surface area contributed by atoms with E-state index in [-0.39, 0.29) is 5.91 Å². The van der Waals surface area contributed by atoms with Gasteiger partial charge in [-0.2, -0.15) is 0 Å². The molecule has 0 saturated carbocycles. The molecule has 0 spiro atoms. The third kappa shape index (κ3) is 3.98. The Labute approximate surface area is 169 Å². The van der Waals surface area contributed by atoms with Gasteiger partial charge in [0.2, 0.25) is 5.91 Å². The van der Waals surface area contributed by atoms with E-state index in [0.717, 1.165) is 16.7 Å². The maximum Gasteiger partial charge on any atom is 0.247 e. The zero-order valence-corrected chi connectivity index (χ0v) is 16.5. The van der Waals surface area contributed by atoms with E-state index in [1.165, 1.54) is 0 Å². The Morgan fingerprint density at radius 3 is 2.48 bits per heavy atom. The number of morpholine rings is 1. The number of furan rings is 1. The van der Waals surface area contributed by atoms with Crippen molar-refractivity contribution < 1.29 is 23.4 Å². The maximum atomic E-state index is 12.9. The number of hydrogen-bond acceptors (Lipinski definition) is 5. The highest BCUT2D eigenvalue weighted by molar-refractivity contribution is 6.00. The largest absolute Gasteiger partial charge is 0.497 e. The molecule has 1 aliphatic rings. The van der Waals surface area contributed by atoms with Gasteiger partial charge in [-0.25, -0.2) is 0 Å². The van der Waals surface area contributed by atoms with Gasteiger partial charge < -0.3 is 23.5 Å². The number of nitrogens with zero attached hydrogens (tertiary/aromatic N) is 1. The van der Waals surface area contributed by atoms with Crippen LogP contribution in [-0.2, 0) is 9.53 Å². The second-order valence-electron chi connectivity index (χ2n) is 6.71. The fourth-order valence-corrected chi connectivity index (χ4v) is 3.40. The molecule has 6 heteroatoms. The number of rotatable bonds is 5. The normalized spacial score (nSPS) is 14.8. The highest BCUT2D eigenvalue weighted by atomic mass is 16.5. The van der Waals surface area contributed by atoms with Crippen molar-refractivity contribution in [1.29, 1.82) is 0 Å². The molecule has 0 N–H and O–H groups in total. The lowest BCUT2D eigenvalue weighted by molar-refractivity contribution is -0.129. The van der Waals surface area contributed by atoms with Gasteiger partial charge in [0.05, 0.1) is 27.4 Å². The Kier molecular flexibility index (Phi) is 5.53. The Hall–Kier alpha value is -3.25. The lowest BCUT2D eigenvalue weighted by Crippen LogP contribution is -2.39. The Bertz CT molecular complexity index is 1030. The number of hydrogen-bond donors (Lipinski definition) is 0. The fraction of sp³-hybridized carbons (Fsp3) is 0.261. The Balaban J connectivity index is 1.79. The summed E-state index contributed by atoms with van der Waals surface area (Å²) in [7, 11) is 3.23. The minimum Gasteiger partial charge on any atom is -0.497 e. The number of ether oxygens (including phenoxy) is 3. The smallest absolute Gasteiger partial charge is 0.247 e. The van der Waals surface area contributed by atoms with Crippen LogP contribution >= 0.6 is 0 Å². The average molecular weight is 393 g/mol. The molecule has 2 heterocycles. The summed E-state index contributed by atoms with van der Waals surface area (Å²) in [5.74, 6) is 1.95. The molecule has 1 aliphatic heterocycles. The molecule has 0 bridgehead atoms. The van der Waals surface area contributed by atoms with Crippen molar-refractivity contribution in [3.63, 3.8) is 0 Å². The minimum absolute atomic E-state index is 0.0634. The molecule has 1 fully saturated rings. The van der Waals surface area contributed by atoms with Crippen molar-refractivity contribution in [2.45, 2.75) is 0 Å². The number of methoxy groups -OCH3 is 2. The van der Waals surface area contributed by atoms with Crippen molar-refractivity contribution in [2.75, 3.05) is 40.5 Å². The molecule has 0 radical (unpaired) electrons. The molecule has 6 nitrogen and oxygen atoms in total. The standard InChI is InChI=1S/C23H23NO5/c1-26-18-8-6-16(7-9-18)19(15-22(25)24-10-12-28-13-11-24)21-14-17-4-3-5-20(27-2)23(17)29-21/h3-9,14-15H,10-13H2,1-2H3/b19-15-. The van der Waals surface area contributed by atoms with E-state index in [1.54, 1.807) is 25.2 Å². The number of para-hydroxylation sites is 1. The van der Waals surface area contributed by atoms with Gasteiger partial charge in [-0.05, 0) is 29.8 Å². The van der Waals surface area contributed by atoms with Crippen molar-refractivity contribution in [1.82, 2.24) is 4.90 Å². The summed E-state index contributed by atoms with van der Waals surface area (Å²) in [6.07, 6.45) is 1.64. The van der Waals surface area contributed by atoms with Crippen LogP contribution in [0.2, 0.25) is 0 Å².